The smallest absolute Gasteiger partial charge is 0.110 e. The molecule has 0 saturated carbocycles. The monoisotopic (exact) mass is 291 g/mol. The predicted molar refractivity (Wildman–Crippen MR) is 84.2 cm³/mol. The number of hydrogen-bond donors (Lipinski definition) is 1. The average molecular weight is 292 g/mol. The molecule has 2 rings (SSSR count). The Kier molecular flexibility index (Phi) is 5.21. The van der Waals surface area contributed by atoms with Gasteiger partial charge in [-0.3, -0.25) is 0 Å². The number of rotatable bonds is 6. The fourth-order valence-corrected chi connectivity index (χ4v) is 2.80. The lowest BCUT2D eigenvalue weighted by Crippen LogP contribution is -2.25. The summed E-state index contributed by atoms with van der Waals surface area (Å²) in [6, 6.07) is 6.36. The largest absolute Gasteiger partial charge is 0.335 e. The van der Waals surface area contributed by atoms with Gasteiger partial charge in [0.1, 0.15) is 5.82 Å². The van der Waals surface area contributed by atoms with Crippen molar-refractivity contribution in [3.05, 3.63) is 52.6 Å². The molecule has 0 spiro atoms. The van der Waals surface area contributed by atoms with Crippen LogP contribution in [-0.2, 0) is 13.0 Å². The zero-order valence-electron chi connectivity index (χ0n) is 12.4. The van der Waals surface area contributed by atoms with Gasteiger partial charge in [-0.1, -0.05) is 24.6 Å². The van der Waals surface area contributed by atoms with Gasteiger partial charge in [-0.15, -0.1) is 0 Å². The summed E-state index contributed by atoms with van der Waals surface area (Å²) in [5, 5.41) is 4.34. The van der Waals surface area contributed by atoms with E-state index in [1.807, 2.05) is 24.5 Å². The molecule has 1 heterocycles. The van der Waals surface area contributed by atoms with Crippen LogP contribution in [0.15, 0.2) is 30.6 Å². The van der Waals surface area contributed by atoms with Gasteiger partial charge in [0.2, 0.25) is 0 Å². The highest BCUT2D eigenvalue weighted by atomic mass is 35.5. The van der Waals surface area contributed by atoms with Crippen LogP contribution in [0.2, 0.25) is 5.02 Å². The van der Waals surface area contributed by atoms with E-state index in [0.717, 1.165) is 30.4 Å². The van der Waals surface area contributed by atoms with E-state index in [0.29, 0.717) is 0 Å². The highest BCUT2D eigenvalue weighted by Crippen LogP contribution is 2.24. The molecule has 20 heavy (non-hydrogen) atoms. The number of hydrogen-bond acceptors (Lipinski definition) is 2. The molecule has 1 atom stereocenters. The molecular weight excluding hydrogens is 270 g/mol. The summed E-state index contributed by atoms with van der Waals surface area (Å²) >= 11 is 6.05. The quantitative estimate of drug-likeness (QED) is 0.878. The van der Waals surface area contributed by atoms with E-state index in [2.05, 4.69) is 41.7 Å². The Morgan fingerprint density at radius 3 is 2.80 bits per heavy atom. The molecule has 1 aromatic heterocycles. The molecule has 108 valence electrons. The van der Waals surface area contributed by atoms with E-state index in [4.69, 9.17) is 11.6 Å². The number of imidazole rings is 1. The Hall–Kier alpha value is -1.32. The molecule has 0 saturated heterocycles. The Morgan fingerprint density at radius 1 is 1.35 bits per heavy atom. The van der Waals surface area contributed by atoms with Crippen LogP contribution >= 0.6 is 11.6 Å². The minimum atomic E-state index is 0.268. The third kappa shape index (κ3) is 3.41. The van der Waals surface area contributed by atoms with Gasteiger partial charge in [-0.25, -0.2) is 4.98 Å². The van der Waals surface area contributed by atoms with Crippen molar-refractivity contribution in [1.29, 1.82) is 0 Å². The van der Waals surface area contributed by atoms with Gasteiger partial charge in [0.25, 0.3) is 0 Å². The van der Waals surface area contributed by atoms with Crippen molar-refractivity contribution in [3.8, 4) is 0 Å². The van der Waals surface area contributed by atoms with Crippen molar-refractivity contribution >= 4 is 11.6 Å². The first kappa shape index (κ1) is 15.1. The standard InChI is InChI=1S/C16H22ClN3/c1-4-18-15(11-16-19-8-9-20(16)5-2)14-7-6-13(17)10-12(14)3/h6-10,15,18H,4-5,11H2,1-3H3. The van der Waals surface area contributed by atoms with Gasteiger partial charge in [0.15, 0.2) is 0 Å². The summed E-state index contributed by atoms with van der Waals surface area (Å²) in [5.74, 6) is 1.12. The average Bonchev–Trinajstić information content (AvgIpc) is 2.85. The summed E-state index contributed by atoms with van der Waals surface area (Å²) < 4.78 is 2.19. The molecule has 0 fully saturated rings. The highest BCUT2D eigenvalue weighted by molar-refractivity contribution is 6.30. The summed E-state index contributed by atoms with van der Waals surface area (Å²) in [6.45, 7) is 8.26. The maximum atomic E-state index is 6.05. The number of aryl methyl sites for hydroxylation is 2. The van der Waals surface area contributed by atoms with Crippen LogP contribution in [0.1, 0.15) is 36.8 Å². The molecule has 1 unspecified atom stereocenters. The molecule has 0 aliphatic rings. The number of benzene rings is 1. The van der Waals surface area contributed by atoms with E-state index >= 15 is 0 Å². The van der Waals surface area contributed by atoms with Crippen LogP contribution in [-0.4, -0.2) is 16.1 Å². The molecule has 0 aliphatic carbocycles. The first-order valence-electron chi connectivity index (χ1n) is 7.15. The number of halogens is 1. The van der Waals surface area contributed by atoms with Gasteiger partial charge in [-0.05, 0) is 43.7 Å². The second kappa shape index (κ2) is 6.91. The molecular formula is C16H22ClN3. The van der Waals surface area contributed by atoms with Crippen molar-refractivity contribution in [2.24, 2.45) is 0 Å². The van der Waals surface area contributed by atoms with E-state index < -0.39 is 0 Å². The molecule has 4 heteroatoms. The third-order valence-electron chi connectivity index (χ3n) is 3.59. The molecule has 0 amide bonds. The SMILES string of the molecule is CCNC(Cc1nccn1CC)c1ccc(Cl)cc1C. The number of aromatic nitrogens is 2. The van der Waals surface area contributed by atoms with Gasteiger partial charge in [0, 0.05) is 36.4 Å². The lowest BCUT2D eigenvalue weighted by atomic mass is 9.98. The van der Waals surface area contributed by atoms with Crippen molar-refractivity contribution < 1.29 is 0 Å². The second-order valence-corrected chi connectivity index (χ2v) is 5.38. The topological polar surface area (TPSA) is 29.9 Å². The summed E-state index contributed by atoms with van der Waals surface area (Å²) in [7, 11) is 0. The molecule has 1 aromatic carbocycles. The maximum absolute atomic E-state index is 6.05. The van der Waals surface area contributed by atoms with Crippen molar-refractivity contribution in [2.75, 3.05) is 6.54 Å². The van der Waals surface area contributed by atoms with Crippen LogP contribution in [0.3, 0.4) is 0 Å². The third-order valence-corrected chi connectivity index (χ3v) is 3.82. The van der Waals surface area contributed by atoms with Gasteiger partial charge in [-0.2, -0.15) is 0 Å². The highest BCUT2D eigenvalue weighted by Gasteiger charge is 2.16. The number of nitrogens with zero attached hydrogens (tertiary/aromatic N) is 2. The molecule has 0 aliphatic heterocycles. The van der Waals surface area contributed by atoms with Crippen LogP contribution in [0.25, 0.3) is 0 Å². The fraction of sp³-hybridized carbons (Fsp3) is 0.438. The Labute approximate surface area is 126 Å². The maximum Gasteiger partial charge on any atom is 0.110 e. The minimum absolute atomic E-state index is 0.268. The molecule has 1 N–H and O–H groups in total. The minimum Gasteiger partial charge on any atom is -0.335 e. The Morgan fingerprint density at radius 2 is 2.15 bits per heavy atom. The fourth-order valence-electron chi connectivity index (χ4n) is 2.57. The molecule has 2 aromatic rings. The number of likely N-dealkylation sites (N-methyl/N-ethyl adjacent to an activating group) is 1. The molecule has 3 nitrogen and oxygen atoms in total. The normalized spacial score (nSPS) is 12.6. The van der Waals surface area contributed by atoms with Gasteiger partial charge in [0.05, 0.1) is 0 Å². The van der Waals surface area contributed by atoms with E-state index in [9.17, 15) is 0 Å². The summed E-state index contributed by atoms with van der Waals surface area (Å²) in [4.78, 5) is 4.48. The van der Waals surface area contributed by atoms with Crippen molar-refractivity contribution in [2.45, 2.75) is 39.8 Å². The zero-order valence-corrected chi connectivity index (χ0v) is 13.1. The predicted octanol–water partition coefficient (Wildman–Crippen LogP) is 3.76. The van der Waals surface area contributed by atoms with Gasteiger partial charge < -0.3 is 9.88 Å². The van der Waals surface area contributed by atoms with Crippen molar-refractivity contribution in [3.63, 3.8) is 0 Å². The first-order chi connectivity index (χ1) is 9.65. The molecule has 0 bridgehead atoms. The lowest BCUT2D eigenvalue weighted by molar-refractivity contribution is 0.520. The van der Waals surface area contributed by atoms with Crippen LogP contribution < -0.4 is 5.32 Å². The second-order valence-electron chi connectivity index (χ2n) is 4.94. The summed E-state index contributed by atoms with van der Waals surface area (Å²) in [6.07, 6.45) is 4.79. The lowest BCUT2D eigenvalue weighted by Gasteiger charge is -2.20. The van der Waals surface area contributed by atoms with E-state index in [-0.39, 0.29) is 6.04 Å². The Balaban J connectivity index is 2.27. The Bertz CT molecular complexity index is 563. The van der Waals surface area contributed by atoms with Crippen LogP contribution in [0, 0.1) is 6.92 Å². The molecule has 0 radical (unpaired) electrons. The zero-order chi connectivity index (χ0) is 14.5. The van der Waals surface area contributed by atoms with Crippen LogP contribution in [0.5, 0.6) is 0 Å². The van der Waals surface area contributed by atoms with Crippen LogP contribution in [0.4, 0.5) is 0 Å². The van der Waals surface area contributed by atoms with Gasteiger partial charge >= 0.3 is 0 Å². The van der Waals surface area contributed by atoms with E-state index in [1.165, 1.54) is 11.1 Å². The van der Waals surface area contributed by atoms with E-state index in [1.54, 1.807) is 0 Å². The number of nitrogens with one attached hydrogen (secondary N) is 1. The van der Waals surface area contributed by atoms with Crippen molar-refractivity contribution in [1.82, 2.24) is 14.9 Å². The summed E-state index contributed by atoms with van der Waals surface area (Å²) in [5.41, 5.74) is 2.51. The first-order valence-corrected chi connectivity index (χ1v) is 7.53.